The number of hydrogen-bond donors (Lipinski definition) is 8. The van der Waals surface area contributed by atoms with E-state index in [1.54, 1.807) is 0 Å². The summed E-state index contributed by atoms with van der Waals surface area (Å²) in [6.45, 7) is -1.54. The molecule has 11 nitrogen and oxygen atoms in total. The molecule has 2 saturated heterocycles. The van der Waals surface area contributed by atoms with Crippen molar-refractivity contribution in [3.63, 3.8) is 0 Å². The van der Waals surface area contributed by atoms with Crippen LogP contribution >= 0.6 is 0 Å². The van der Waals surface area contributed by atoms with Gasteiger partial charge in [0.1, 0.15) is 48.8 Å². The number of ether oxygens (including phenoxy) is 3. The summed E-state index contributed by atoms with van der Waals surface area (Å²) in [7, 11) is 0. The fourth-order valence-electron chi connectivity index (χ4n) is 2.36. The second-order valence-corrected chi connectivity index (χ2v) is 5.40. The molecular weight excluding hydrogens is 320 g/mol. The molecular formula is C12H22O11. The first-order valence-corrected chi connectivity index (χ1v) is 6.97. The van der Waals surface area contributed by atoms with Crippen molar-refractivity contribution in [1.29, 1.82) is 0 Å². The molecule has 5 unspecified atom stereocenters. The van der Waals surface area contributed by atoms with Crippen LogP contribution in [0.5, 0.6) is 0 Å². The van der Waals surface area contributed by atoms with Gasteiger partial charge < -0.3 is 55.1 Å². The van der Waals surface area contributed by atoms with E-state index in [4.69, 9.17) is 25.8 Å². The quantitative estimate of drug-likeness (QED) is 0.243. The van der Waals surface area contributed by atoms with Crippen LogP contribution in [-0.4, -0.2) is 115 Å². The van der Waals surface area contributed by atoms with Gasteiger partial charge >= 0.3 is 0 Å². The molecule has 2 fully saturated rings. The van der Waals surface area contributed by atoms with Crippen LogP contribution in [0.15, 0.2) is 0 Å². The highest BCUT2D eigenvalue weighted by atomic mass is 16.8. The van der Waals surface area contributed by atoms with E-state index >= 15 is 0 Å². The lowest BCUT2D eigenvalue weighted by atomic mass is 9.98. The maximum absolute atomic E-state index is 9.91. The minimum atomic E-state index is -2.76. The van der Waals surface area contributed by atoms with Crippen molar-refractivity contribution in [2.75, 3.05) is 13.2 Å². The normalized spacial score (nSPS) is 55.5. The van der Waals surface area contributed by atoms with Crippen LogP contribution in [0.1, 0.15) is 1.37 Å². The summed E-state index contributed by atoms with van der Waals surface area (Å²) in [4.78, 5) is 0. The van der Waals surface area contributed by atoms with Crippen LogP contribution in [0.3, 0.4) is 0 Å². The predicted molar refractivity (Wildman–Crippen MR) is 68.6 cm³/mol. The van der Waals surface area contributed by atoms with E-state index in [9.17, 15) is 30.6 Å². The van der Waals surface area contributed by atoms with Crippen LogP contribution in [-0.2, 0) is 14.2 Å². The second kappa shape index (κ2) is 7.63. The Hall–Kier alpha value is -0.440. The predicted octanol–water partition coefficient (Wildman–Crippen LogP) is -5.40. The summed E-state index contributed by atoms with van der Waals surface area (Å²) in [5.41, 5.74) is 0. The molecule has 10 atom stereocenters. The Balaban J connectivity index is 2.18. The molecule has 0 spiro atoms. The maximum Gasteiger partial charge on any atom is 0.189 e. The Labute approximate surface area is 132 Å². The van der Waals surface area contributed by atoms with Gasteiger partial charge in [-0.15, -0.1) is 0 Å². The van der Waals surface area contributed by atoms with Crippen molar-refractivity contribution in [2.24, 2.45) is 0 Å². The van der Waals surface area contributed by atoms with Crippen molar-refractivity contribution >= 4 is 0 Å². The zero-order chi connectivity index (χ0) is 18.2. The van der Waals surface area contributed by atoms with Gasteiger partial charge in [-0.2, -0.15) is 0 Å². The van der Waals surface area contributed by atoms with Gasteiger partial charge in [0.15, 0.2) is 12.6 Å². The van der Waals surface area contributed by atoms with Crippen molar-refractivity contribution in [3.05, 3.63) is 0 Å². The summed E-state index contributed by atoms with van der Waals surface area (Å²) in [6.07, 6.45) is -18.4. The Morgan fingerprint density at radius 3 is 1.70 bits per heavy atom. The third kappa shape index (κ3) is 3.65. The first-order valence-electron chi connectivity index (χ1n) is 7.47. The third-order valence-corrected chi connectivity index (χ3v) is 3.82. The fraction of sp³-hybridized carbons (Fsp3) is 1.00. The van der Waals surface area contributed by atoms with Crippen LogP contribution in [0.4, 0.5) is 0 Å². The molecule has 11 heteroatoms. The van der Waals surface area contributed by atoms with Gasteiger partial charge in [0.05, 0.1) is 14.6 Å². The number of aliphatic hydroxyl groups is 8. The van der Waals surface area contributed by atoms with Gasteiger partial charge in [-0.25, -0.2) is 0 Å². The molecule has 0 radical (unpaired) electrons. The number of rotatable bonds is 4. The third-order valence-electron chi connectivity index (χ3n) is 3.82. The summed E-state index contributed by atoms with van der Waals surface area (Å²) < 4.78 is 22.9. The molecule has 23 heavy (non-hydrogen) atoms. The highest BCUT2D eigenvalue weighted by Gasteiger charge is 2.49. The van der Waals surface area contributed by atoms with E-state index in [0.717, 1.165) is 0 Å². The molecule has 2 heterocycles. The lowest BCUT2D eigenvalue weighted by Gasteiger charge is -2.44. The molecule has 0 bridgehead atoms. The zero-order valence-corrected chi connectivity index (χ0v) is 11.9. The Bertz CT molecular complexity index is 424. The highest BCUT2D eigenvalue weighted by Crippen LogP contribution is 2.27. The van der Waals surface area contributed by atoms with Crippen molar-refractivity contribution in [2.45, 2.75) is 61.4 Å². The van der Waals surface area contributed by atoms with E-state index < -0.39 is 74.6 Å². The van der Waals surface area contributed by atoms with Crippen LogP contribution in [0.2, 0.25) is 0 Å². The molecule has 0 amide bonds. The van der Waals surface area contributed by atoms with Gasteiger partial charge in [-0.05, 0) is 0 Å². The molecule has 2 aliphatic heterocycles. The van der Waals surface area contributed by atoms with Crippen LogP contribution in [0.25, 0.3) is 0 Å². The smallest absolute Gasteiger partial charge is 0.189 e. The first-order chi connectivity index (χ1) is 11.2. The summed E-state index contributed by atoms with van der Waals surface area (Å²) in [5.74, 6) is 0. The van der Waals surface area contributed by atoms with Gasteiger partial charge in [0.2, 0.25) is 0 Å². The Morgan fingerprint density at radius 2 is 1.17 bits per heavy atom. The van der Waals surface area contributed by atoms with Crippen LogP contribution < -0.4 is 0 Å². The van der Waals surface area contributed by atoms with Gasteiger partial charge in [0.25, 0.3) is 0 Å². The molecule has 0 aromatic carbocycles. The number of hydrogen-bond acceptors (Lipinski definition) is 11. The minimum absolute atomic E-state index is 0.736. The molecule has 0 aromatic heterocycles. The van der Waals surface area contributed by atoms with Gasteiger partial charge in [-0.1, -0.05) is 0 Å². The molecule has 2 aliphatic rings. The summed E-state index contributed by atoms with van der Waals surface area (Å²) in [6, 6.07) is 0. The maximum atomic E-state index is 9.91. The average Bonchev–Trinajstić information content (AvgIpc) is 2.57. The van der Waals surface area contributed by atoms with Gasteiger partial charge in [0, 0.05) is 0 Å². The lowest BCUT2D eigenvalue weighted by molar-refractivity contribution is -0.376. The molecule has 0 aliphatic carbocycles. The first kappa shape index (κ1) is 17.4. The van der Waals surface area contributed by atoms with E-state index in [2.05, 4.69) is 0 Å². The van der Waals surface area contributed by atoms with Gasteiger partial charge in [-0.3, -0.25) is 0 Å². The summed E-state index contributed by atoms with van der Waals surface area (Å²) in [5, 5.41) is 76.7. The zero-order valence-electron chi connectivity index (χ0n) is 12.9. The van der Waals surface area contributed by atoms with E-state index in [-0.39, 0.29) is 0 Å². The van der Waals surface area contributed by atoms with E-state index in [0.29, 0.717) is 0 Å². The molecule has 0 saturated carbocycles. The van der Waals surface area contributed by atoms with E-state index in [1.807, 2.05) is 0 Å². The van der Waals surface area contributed by atoms with Crippen molar-refractivity contribution in [3.8, 4) is 0 Å². The minimum Gasteiger partial charge on any atom is -0.394 e. The monoisotopic (exact) mass is 343 g/mol. The molecule has 2 rings (SSSR count). The highest BCUT2D eigenvalue weighted by molar-refractivity contribution is 4.92. The SMILES string of the molecule is [2H][C@@]1(O[C@H]2OC(CO)[C@@H](O)[C@H](O)C2O)OC(CO)[C@@H](O)C(O)C1O. The van der Waals surface area contributed by atoms with Crippen molar-refractivity contribution in [1.82, 2.24) is 0 Å². The number of aliphatic hydroxyl groups excluding tert-OH is 8. The molecule has 0 aromatic rings. The van der Waals surface area contributed by atoms with Crippen molar-refractivity contribution < 1.29 is 56.4 Å². The Kier molecular flexibility index (Phi) is 5.77. The molecule has 136 valence electrons. The molecule has 8 N–H and O–H groups in total. The summed E-state index contributed by atoms with van der Waals surface area (Å²) >= 11 is 0. The second-order valence-electron chi connectivity index (χ2n) is 5.40. The van der Waals surface area contributed by atoms with Crippen LogP contribution in [0, 0.1) is 0 Å². The largest absolute Gasteiger partial charge is 0.394 e. The topological polar surface area (TPSA) is 190 Å². The fourth-order valence-corrected chi connectivity index (χ4v) is 2.36. The Morgan fingerprint density at radius 1 is 0.696 bits per heavy atom. The average molecular weight is 343 g/mol. The van der Waals surface area contributed by atoms with E-state index in [1.165, 1.54) is 0 Å². The standard InChI is InChI=1S/C12H22O11/c13-1-3-5(15)7(17)9(19)11(21-3)23-12-10(20)8(18)6(16)4(2-14)22-12/h3-20H,1-2H2/t3?,4?,5-,6-,7+,8?,9?,10?,11-,12+/m1/s1/i11D/t3?,4?,5-,6-,7?,8+,9?,10?,11+,12-. The lowest BCUT2D eigenvalue weighted by Crippen LogP contribution is -2.63.